The van der Waals surface area contributed by atoms with Gasteiger partial charge in [0.25, 0.3) is 0 Å². The molecule has 0 rings (SSSR count). The molecule has 0 heterocycles. The summed E-state index contributed by atoms with van der Waals surface area (Å²) >= 11 is 0. The molecule has 0 nitrogen and oxygen atoms in total. The Balaban J connectivity index is 0. The number of hydrogen-bond donors (Lipinski definition) is 0. The molecule has 0 aliphatic heterocycles. The Morgan fingerprint density at radius 1 is 1.38 bits per heavy atom. The van der Waals surface area contributed by atoms with Gasteiger partial charge in [0.1, 0.15) is 0 Å². The molecule has 47 valence electrons. The average molecular weight is 188 g/mol. The summed E-state index contributed by atoms with van der Waals surface area (Å²) in [5.74, 6) is 2.36. The first-order valence-electron chi connectivity index (χ1n) is 2.98. The Bertz CT molecular complexity index is 41.7. The van der Waals surface area contributed by atoms with Gasteiger partial charge in [0.2, 0.25) is 0 Å². The van der Waals surface area contributed by atoms with Gasteiger partial charge in [0.15, 0.2) is 0 Å². The van der Waals surface area contributed by atoms with Gasteiger partial charge in [-0.05, 0) is 0 Å². The maximum Gasteiger partial charge on any atom is 0 e. The van der Waals surface area contributed by atoms with Gasteiger partial charge in [-0.3, -0.25) is 0 Å². The Hall–Kier alpha value is 1.10. The molecule has 1 unspecified atom stereocenters. The molecule has 0 saturated carbocycles. The maximum absolute atomic E-state index is 2.26. The van der Waals surface area contributed by atoms with Crippen LogP contribution in [0.3, 0.4) is 0 Å². The number of rotatable bonds is 2. The smallest absolute Gasteiger partial charge is 0 e. The van der Waals surface area contributed by atoms with Crippen molar-refractivity contribution in [1.82, 2.24) is 0 Å². The summed E-state index contributed by atoms with van der Waals surface area (Å²) < 4.78 is 0. The van der Waals surface area contributed by atoms with Gasteiger partial charge in [0.05, 0.1) is 0 Å². The molecule has 0 aliphatic rings. The Morgan fingerprint density at radius 3 is 1.75 bits per heavy atom. The van der Waals surface area contributed by atoms with Gasteiger partial charge in [-0.15, -0.1) is 0 Å². The SMILES string of the molecule is CCC(C)[C-](C)C.[Y]. The van der Waals surface area contributed by atoms with E-state index in [9.17, 15) is 0 Å². The van der Waals surface area contributed by atoms with E-state index in [1.54, 1.807) is 5.92 Å². The molecule has 0 aromatic heterocycles. The Labute approximate surface area is 78.3 Å². The van der Waals surface area contributed by atoms with Crippen molar-refractivity contribution in [2.24, 2.45) is 5.92 Å². The molecule has 0 bridgehead atoms. The van der Waals surface area contributed by atoms with Crippen LogP contribution >= 0.6 is 0 Å². The van der Waals surface area contributed by atoms with E-state index in [-0.39, 0.29) is 32.7 Å². The Kier molecular flexibility index (Phi) is 9.22. The van der Waals surface area contributed by atoms with Crippen LogP contribution in [0.1, 0.15) is 34.1 Å². The second-order valence-corrected chi connectivity index (χ2v) is 2.39. The van der Waals surface area contributed by atoms with Crippen molar-refractivity contribution in [2.75, 3.05) is 0 Å². The van der Waals surface area contributed by atoms with Crippen molar-refractivity contribution < 1.29 is 32.7 Å². The predicted molar refractivity (Wildman–Crippen MR) is 34.0 cm³/mol. The van der Waals surface area contributed by atoms with E-state index in [4.69, 9.17) is 0 Å². The minimum atomic E-state index is 0. The fourth-order valence-corrected chi connectivity index (χ4v) is 0.408. The molecule has 0 N–H and O–H groups in total. The molecule has 0 saturated heterocycles. The zero-order valence-corrected chi connectivity index (χ0v) is 9.20. The first kappa shape index (κ1) is 11.8. The van der Waals surface area contributed by atoms with Crippen LogP contribution < -0.4 is 0 Å². The van der Waals surface area contributed by atoms with Crippen molar-refractivity contribution in [3.05, 3.63) is 5.92 Å². The summed E-state index contributed by atoms with van der Waals surface area (Å²) in [6, 6.07) is 0. The molecule has 0 spiro atoms. The molecule has 0 aromatic carbocycles. The monoisotopic (exact) mass is 188 g/mol. The van der Waals surface area contributed by atoms with Crippen molar-refractivity contribution in [2.45, 2.75) is 34.1 Å². The molecular weight excluding hydrogens is 173 g/mol. The van der Waals surface area contributed by atoms with Crippen LogP contribution in [0, 0.1) is 11.8 Å². The van der Waals surface area contributed by atoms with E-state index in [1.807, 2.05) is 0 Å². The van der Waals surface area contributed by atoms with Crippen molar-refractivity contribution >= 4 is 0 Å². The van der Waals surface area contributed by atoms with Crippen LogP contribution in [-0.4, -0.2) is 0 Å². The normalized spacial score (nSPS) is 13.1. The third-order valence-electron chi connectivity index (χ3n) is 1.60. The number of hydrogen-bond acceptors (Lipinski definition) is 0. The van der Waals surface area contributed by atoms with E-state index in [0.29, 0.717) is 0 Å². The largest absolute Gasteiger partial charge is 0.317 e. The van der Waals surface area contributed by atoms with Crippen molar-refractivity contribution in [1.29, 1.82) is 0 Å². The van der Waals surface area contributed by atoms with Crippen molar-refractivity contribution in [3.63, 3.8) is 0 Å². The van der Waals surface area contributed by atoms with Crippen LogP contribution in [-0.2, 0) is 32.7 Å². The fourth-order valence-electron chi connectivity index (χ4n) is 0.408. The second kappa shape index (κ2) is 6.23. The van der Waals surface area contributed by atoms with Gasteiger partial charge in [-0.2, -0.15) is 19.8 Å². The Morgan fingerprint density at radius 2 is 1.75 bits per heavy atom. The topological polar surface area (TPSA) is 0 Å². The summed E-state index contributed by atoms with van der Waals surface area (Å²) in [6.45, 7) is 8.86. The molecule has 8 heavy (non-hydrogen) atoms. The zero-order chi connectivity index (χ0) is 5.86. The van der Waals surface area contributed by atoms with E-state index >= 15 is 0 Å². The van der Waals surface area contributed by atoms with Gasteiger partial charge >= 0.3 is 0 Å². The molecule has 1 atom stereocenters. The van der Waals surface area contributed by atoms with Crippen LogP contribution in [0.25, 0.3) is 0 Å². The summed E-state index contributed by atoms with van der Waals surface area (Å²) in [5, 5.41) is 0. The van der Waals surface area contributed by atoms with Gasteiger partial charge in [-0.1, -0.05) is 20.3 Å². The minimum absolute atomic E-state index is 0. The van der Waals surface area contributed by atoms with Crippen LogP contribution in [0.2, 0.25) is 0 Å². The van der Waals surface area contributed by atoms with Gasteiger partial charge in [0, 0.05) is 32.7 Å². The van der Waals surface area contributed by atoms with Crippen molar-refractivity contribution in [3.8, 4) is 0 Å². The van der Waals surface area contributed by atoms with E-state index in [2.05, 4.69) is 27.7 Å². The molecule has 0 amide bonds. The van der Waals surface area contributed by atoms with Crippen LogP contribution in [0.15, 0.2) is 0 Å². The van der Waals surface area contributed by atoms with Crippen LogP contribution in [0.4, 0.5) is 0 Å². The predicted octanol–water partition coefficient (Wildman–Crippen LogP) is 2.64. The van der Waals surface area contributed by atoms with Gasteiger partial charge < -0.3 is 5.92 Å². The molecule has 1 heteroatoms. The molecule has 0 fully saturated rings. The zero-order valence-electron chi connectivity index (χ0n) is 6.36. The third-order valence-corrected chi connectivity index (χ3v) is 1.60. The molecule has 0 aromatic rings. The average Bonchev–Trinajstić information content (AvgIpc) is 1.65. The summed E-state index contributed by atoms with van der Waals surface area (Å²) in [5.41, 5.74) is 0. The minimum Gasteiger partial charge on any atom is -0.317 e. The van der Waals surface area contributed by atoms with Crippen LogP contribution in [0.5, 0.6) is 0 Å². The fraction of sp³-hybridized carbons (Fsp3) is 0.857. The quantitative estimate of drug-likeness (QED) is 0.584. The molecule has 0 aliphatic carbocycles. The first-order valence-corrected chi connectivity index (χ1v) is 2.98. The molecular formula is C7H15Y-. The first-order chi connectivity index (χ1) is 3.18. The van der Waals surface area contributed by atoms with E-state index in [1.165, 1.54) is 6.42 Å². The standard InChI is InChI=1S/C7H15.Y/c1-5-7(4)6(2)3;/h7H,5H2,1-4H3;/q-1;. The molecule has 1 radical (unpaired) electrons. The van der Waals surface area contributed by atoms with E-state index < -0.39 is 0 Å². The van der Waals surface area contributed by atoms with Gasteiger partial charge in [-0.25, -0.2) is 0 Å². The second-order valence-electron chi connectivity index (χ2n) is 2.39. The summed E-state index contributed by atoms with van der Waals surface area (Å²) in [7, 11) is 0. The van der Waals surface area contributed by atoms with E-state index in [0.717, 1.165) is 5.92 Å². The third kappa shape index (κ3) is 5.24. The summed E-state index contributed by atoms with van der Waals surface area (Å²) in [6.07, 6.45) is 1.28. The maximum atomic E-state index is 2.26. The summed E-state index contributed by atoms with van der Waals surface area (Å²) in [4.78, 5) is 0.